The molecule has 0 aliphatic heterocycles. The van der Waals surface area contributed by atoms with Crippen LogP contribution in [-0.4, -0.2) is 25.2 Å². The van der Waals surface area contributed by atoms with Crippen molar-refractivity contribution < 1.29 is 14.3 Å². The van der Waals surface area contributed by atoms with Gasteiger partial charge < -0.3 is 15.4 Å². The summed E-state index contributed by atoms with van der Waals surface area (Å²) in [5.74, 6) is -0.369. The fourth-order valence-corrected chi connectivity index (χ4v) is 1.68. The molecule has 1 atom stereocenters. The van der Waals surface area contributed by atoms with Gasteiger partial charge in [-0.15, -0.1) is 0 Å². The van der Waals surface area contributed by atoms with E-state index in [2.05, 4.69) is 15.4 Å². The lowest BCUT2D eigenvalue weighted by Crippen LogP contribution is -2.37. The Morgan fingerprint density at radius 2 is 2.11 bits per heavy atom. The van der Waals surface area contributed by atoms with Crippen molar-refractivity contribution in [3.63, 3.8) is 0 Å². The van der Waals surface area contributed by atoms with Gasteiger partial charge in [-0.2, -0.15) is 0 Å². The lowest BCUT2D eigenvalue weighted by molar-refractivity contribution is -0.141. The Kier molecular flexibility index (Phi) is 5.63. The van der Waals surface area contributed by atoms with Gasteiger partial charge in [-0.3, -0.25) is 4.79 Å². The van der Waals surface area contributed by atoms with Crippen molar-refractivity contribution in [2.24, 2.45) is 0 Å². The van der Waals surface area contributed by atoms with Gasteiger partial charge in [0.15, 0.2) is 0 Å². The van der Waals surface area contributed by atoms with Crippen LogP contribution >= 0.6 is 11.6 Å². The van der Waals surface area contributed by atoms with Crippen LogP contribution in [0.25, 0.3) is 0 Å². The zero-order chi connectivity index (χ0) is 14.4. The third-order valence-corrected chi connectivity index (χ3v) is 3.00. The monoisotopic (exact) mass is 284 g/mol. The minimum atomic E-state index is -0.387. The van der Waals surface area contributed by atoms with Crippen LogP contribution in [0.15, 0.2) is 18.2 Å². The first kappa shape index (κ1) is 15.3. The number of rotatable bonds is 4. The molecule has 6 heteroatoms. The van der Waals surface area contributed by atoms with Gasteiger partial charge in [0.25, 0.3) is 0 Å². The van der Waals surface area contributed by atoms with Gasteiger partial charge in [0.2, 0.25) is 0 Å². The van der Waals surface area contributed by atoms with Gasteiger partial charge in [0.05, 0.1) is 13.5 Å². The van der Waals surface area contributed by atoms with E-state index in [1.165, 1.54) is 7.11 Å². The minimum absolute atomic E-state index is 0.123. The number of hydrogen-bond donors (Lipinski definition) is 2. The Hall–Kier alpha value is -1.75. The molecule has 0 saturated heterocycles. The first-order valence-corrected chi connectivity index (χ1v) is 6.21. The molecule has 0 heterocycles. The van der Waals surface area contributed by atoms with Gasteiger partial charge in [0.1, 0.15) is 0 Å². The van der Waals surface area contributed by atoms with Crippen molar-refractivity contribution in [2.75, 3.05) is 12.4 Å². The second kappa shape index (κ2) is 6.99. The number of hydrogen-bond acceptors (Lipinski definition) is 3. The van der Waals surface area contributed by atoms with Crippen LogP contribution in [-0.2, 0) is 9.53 Å². The number of carbonyl (C=O) groups is 2. The van der Waals surface area contributed by atoms with Gasteiger partial charge in [-0.25, -0.2) is 4.79 Å². The van der Waals surface area contributed by atoms with Crippen LogP contribution in [0.3, 0.4) is 0 Å². The Labute approximate surface area is 117 Å². The van der Waals surface area contributed by atoms with E-state index in [0.29, 0.717) is 10.7 Å². The normalized spacial score (nSPS) is 11.6. The average molecular weight is 285 g/mol. The molecule has 0 radical (unpaired) electrons. The van der Waals surface area contributed by atoms with Crippen LogP contribution in [0.5, 0.6) is 0 Å². The summed E-state index contributed by atoms with van der Waals surface area (Å²) in [5.41, 5.74) is 1.43. The zero-order valence-electron chi connectivity index (χ0n) is 11.1. The number of amides is 2. The molecule has 0 aliphatic carbocycles. The molecule has 0 spiro atoms. The summed E-state index contributed by atoms with van der Waals surface area (Å²) in [4.78, 5) is 22.8. The van der Waals surface area contributed by atoms with E-state index >= 15 is 0 Å². The predicted molar refractivity (Wildman–Crippen MR) is 74.4 cm³/mol. The number of methoxy groups -OCH3 is 1. The Balaban J connectivity index is 2.56. The van der Waals surface area contributed by atoms with E-state index in [1.807, 2.05) is 6.92 Å². The zero-order valence-corrected chi connectivity index (χ0v) is 11.9. The molecule has 2 amide bonds. The van der Waals surface area contributed by atoms with E-state index in [-0.39, 0.29) is 24.5 Å². The highest BCUT2D eigenvalue weighted by Gasteiger charge is 2.13. The quantitative estimate of drug-likeness (QED) is 0.836. The summed E-state index contributed by atoms with van der Waals surface area (Å²) in [5, 5.41) is 5.92. The molecule has 0 bridgehead atoms. The fraction of sp³-hybridized carbons (Fsp3) is 0.385. The van der Waals surface area contributed by atoms with Crippen LogP contribution in [0.4, 0.5) is 10.5 Å². The highest BCUT2D eigenvalue weighted by Crippen LogP contribution is 2.22. The maximum atomic E-state index is 11.7. The van der Waals surface area contributed by atoms with Crippen LogP contribution in [0.1, 0.15) is 18.9 Å². The van der Waals surface area contributed by atoms with E-state index in [9.17, 15) is 9.59 Å². The molecular weight excluding hydrogens is 268 g/mol. The number of nitrogens with one attached hydrogen (secondary N) is 2. The molecular formula is C13H17ClN2O3. The van der Waals surface area contributed by atoms with Gasteiger partial charge in [0, 0.05) is 16.8 Å². The van der Waals surface area contributed by atoms with Crippen molar-refractivity contribution in [1.82, 2.24) is 5.32 Å². The third-order valence-electron chi connectivity index (χ3n) is 2.59. The van der Waals surface area contributed by atoms with Gasteiger partial charge in [-0.1, -0.05) is 17.7 Å². The molecule has 5 nitrogen and oxygen atoms in total. The fourth-order valence-electron chi connectivity index (χ4n) is 1.51. The minimum Gasteiger partial charge on any atom is -0.469 e. The summed E-state index contributed by atoms with van der Waals surface area (Å²) in [7, 11) is 1.31. The molecule has 19 heavy (non-hydrogen) atoms. The molecule has 1 rings (SSSR count). The van der Waals surface area contributed by atoms with Crippen molar-refractivity contribution in [1.29, 1.82) is 0 Å². The van der Waals surface area contributed by atoms with E-state index < -0.39 is 0 Å². The number of carbonyl (C=O) groups excluding carboxylic acids is 2. The highest BCUT2D eigenvalue weighted by atomic mass is 35.5. The number of ether oxygens (including phenoxy) is 1. The summed E-state index contributed by atoms with van der Waals surface area (Å²) in [6.45, 7) is 3.54. The van der Waals surface area contributed by atoms with Crippen LogP contribution in [0, 0.1) is 6.92 Å². The maximum Gasteiger partial charge on any atom is 0.319 e. The van der Waals surface area contributed by atoms with E-state index in [0.717, 1.165) is 5.56 Å². The summed E-state index contributed by atoms with van der Waals surface area (Å²) in [6, 6.07) is 4.56. The third kappa shape index (κ3) is 4.79. The second-order valence-corrected chi connectivity index (χ2v) is 4.60. The summed E-state index contributed by atoms with van der Waals surface area (Å²) < 4.78 is 4.53. The van der Waals surface area contributed by atoms with Gasteiger partial charge in [-0.05, 0) is 31.5 Å². The average Bonchev–Trinajstić information content (AvgIpc) is 2.34. The standard InChI is InChI=1S/C13H17ClN2O3/c1-8(7-12(17)19-3)15-13(18)16-11-6-4-5-10(14)9(11)2/h4-6,8H,7H2,1-3H3,(H2,15,16,18)/t8-/m1/s1. The first-order valence-electron chi connectivity index (χ1n) is 5.83. The molecule has 0 saturated carbocycles. The van der Waals surface area contributed by atoms with Crippen molar-refractivity contribution in [3.05, 3.63) is 28.8 Å². The number of anilines is 1. The Morgan fingerprint density at radius 3 is 2.74 bits per heavy atom. The first-order chi connectivity index (χ1) is 8.93. The largest absolute Gasteiger partial charge is 0.469 e. The number of benzene rings is 1. The molecule has 0 unspecified atom stereocenters. The topological polar surface area (TPSA) is 67.4 Å². The van der Waals surface area contributed by atoms with E-state index in [4.69, 9.17) is 11.6 Å². The van der Waals surface area contributed by atoms with Crippen LogP contribution < -0.4 is 10.6 Å². The number of esters is 1. The predicted octanol–water partition coefficient (Wildman–Crippen LogP) is 2.72. The van der Waals surface area contributed by atoms with Crippen molar-refractivity contribution >= 4 is 29.3 Å². The smallest absolute Gasteiger partial charge is 0.319 e. The van der Waals surface area contributed by atoms with E-state index in [1.54, 1.807) is 25.1 Å². The molecule has 0 aromatic heterocycles. The molecule has 1 aromatic rings. The number of halogens is 1. The lowest BCUT2D eigenvalue weighted by Gasteiger charge is -2.14. The molecule has 0 aliphatic rings. The van der Waals surface area contributed by atoms with Crippen molar-refractivity contribution in [3.8, 4) is 0 Å². The lowest BCUT2D eigenvalue weighted by atomic mass is 10.2. The SMILES string of the molecule is COC(=O)C[C@@H](C)NC(=O)Nc1cccc(Cl)c1C. The number of urea groups is 1. The Morgan fingerprint density at radius 1 is 1.42 bits per heavy atom. The molecule has 2 N–H and O–H groups in total. The maximum absolute atomic E-state index is 11.7. The summed E-state index contributed by atoms with van der Waals surface area (Å²) in [6.07, 6.45) is 0.123. The second-order valence-electron chi connectivity index (χ2n) is 4.19. The van der Waals surface area contributed by atoms with Gasteiger partial charge >= 0.3 is 12.0 Å². The highest BCUT2D eigenvalue weighted by molar-refractivity contribution is 6.31. The van der Waals surface area contributed by atoms with Crippen molar-refractivity contribution in [2.45, 2.75) is 26.3 Å². The Bertz CT molecular complexity index is 477. The molecule has 104 valence electrons. The molecule has 1 aromatic carbocycles. The summed E-state index contributed by atoms with van der Waals surface area (Å²) >= 11 is 5.96. The van der Waals surface area contributed by atoms with Crippen LogP contribution in [0.2, 0.25) is 5.02 Å². The molecule has 0 fully saturated rings.